The summed E-state index contributed by atoms with van der Waals surface area (Å²) in [5.41, 5.74) is 9.65. The van der Waals surface area contributed by atoms with Gasteiger partial charge in [-0.15, -0.1) is 16.4 Å². The first kappa shape index (κ1) is 22.4. The highest BCUT2D eigenvalue weighted by molar-refractivity contribution is 7.19. The summed E-state index contributed by atoms with van der Waals surface area (Å²) in [6.45, 7) is 1.80. The third kappa shape index (κ3) is 4.27. The van der Waals surface area contributed by atoms with E-state index < -0.39 is 24.0 Å². The van der Waals surface area contributed by atoms with Gasteiger partial charge in [0, 0.05) is 20.2 Å². The number of thiophene rings is 1. The molecule has 5 nitrogen and oxygen atoms in total. The van der Waals surface area contributed by atoms with Gasteiger partial charge in [-0.3, -0.25) is 0 Å². The third-order valence-corrected chi connectivity index (χ3v) is 7.85. The number of amides is 2. The molecule has 2 N–H and O–H groups in total. The SMILES string of the molecule is CC(c1cc2ccccc2s1)N(OC(=O)C1Cc2cc(Cl)c(-c3ccccc3)cc2C1)C(N)=O. The molecule has 172 valence electrons. The Morgan fingerprint density at radius 1 is 1.03 bits per heavy atom. The van der Waals surface area contributed by atoms with E-state index >= 15 is 0 Å². The molecule has 2 unspecified atom stereocenters. The van der Waals surface area contributed by atoms with Gasteiger partial charge in [-0.1, -0.05) is 60.1 Å². The molecule has 0 spiro atoms. The van der Waals surface area contributed by atoms with E-state index in [1.165, 1.54) is 0 Å². The number of fused-ring (bicyclic) bond motifs is 2. The molecule has 5 rings (SSSR count). The van der Waals surface area contributed by atoms with E-state index in [1.54, 1.807) is 18.3 Å². The molecule has 0 saturated heterocycles. The lowest BCUT2D eigenvalue weighted by atomic mass is 10.0. The van der Waals surface area contributed by atoms with Crippen LogP contribution >= 0.6 is 22.9 Å². The van der Waals surface area contributed by atoms with Crippen molar-refractivity contribution in [1.29, 1.82) is 0 Å². The molecular weight excluding hydrogens is 468 g/mol. The van der Waals surface area contributed by atoms with Crippen molar-refractivity contribution in [2.75, 3.05) is 0 Å². The predicted octanol–water partition coefficient (Wildman–Crippen LogP) is 6.54. The maximum Gasteiger partial charge on any atom is 0.348 e. The summed E-state index contributed by atoms with van der Waals surface area (Å²) in [7, 11) is 0. The topological polar surface area (TPSA) is 72.6 Å². The van der Waals surface area contributed by atoms with E-state index in [0.29, 0.717) is 17.9 Å². The Bertz CT molecular complexity index is 1350. The lowest BCUT2D eigenvalue weighted by molar-refractivity contribution is -0.188. The van der Waals surface area contributed by atoms with Gasteiger partial charge in [0.2, 0.25) is 0 Å². The largest absolute Gasteiger partial charge is 0.349 e. The van der Waals surface area contributed by atoms with Crippen LogP contribution < -0.4 is 5.73 Å². The summed E-state index contributed by atoms with van der Waals surface area (Å²) in [6, 6.07) is 22.5. The van der Waals surface area contributed by atoms with Gasteiger partial charge in [0.25, 0.3) is 0 Å². The fourth-order valence-corrected chi connectivity index (χ4v) is 5.85. The Morgan fingerprint density at radius 3 is 2.41 bits per heavy atom. The van der Waals surface area contributed by atoms with Crippen molar-refractivity contribution in [2.24, 2.45) is 11.7 Å². The third-order valence-electron chi connectivity index (χ3n) is 6.25. The van der Waals surface area contributed by atoms with Gasteiger partial charge in [-0.05, 0) is 66.1 Å². The van der Waals surface area contributed by atoms with Crippen molar-refractivity contribution < 1.29 is 14.4 Å². The summed E-state index contributed by atoms with van der Waals surface area (Å²) in [5.74, 6) is -0.881. The van der Waals surface area contributed by atoms with Crippen molar-refractivity contribution in [2.45, 2.75) is 25.8 Å². The van der Waals surface area contributed by atoms with E-state index in [9.17, 15) is 9.59 Å². The van der Waals surface area contributed by atoms with Gasteiger partial charge in [0.05, 0.1) is 5.92 Å². The maximum absolute atomic E-state index is 13.1. The highest BCUT2D eigenvalue weighted by Gasteiger charge is 2.34. The lowest BCUT2D eigenvalue weighted by Crippen LogP contribution is -2.40. The highest BCUT2D eigenvalue weighted by atomic mass is 35.5. The van der Waals surface area contributed by atoms with Crippen molar-refractivity contribution in [3.05, 3.63) is 93.8 Å². The molecule has 3 aromatic carbocycles. The molecule has 0 aliphatic heterocycles. The molecule has 0 fully saturated rings. The number of hydrogen-bond donors (Lipinski definition) is 1. The van der Waals surface area contributed by atoms with E-state index in [-0.39, 0.29) is 0 Å². The van der Waals surface area contributed by atoms with Crippen molar-refractivity contribution in [1.82, 2.24) is 5.06 Å². The number of benzene rings is 3. The maximum atomic E-state index is 13.1. The number of carbonyl (C=O) groups excluding carboxylic acids is 2. The van der Waals surface area contributed by atoms with Gasteiger partial charge in [-0.25, -0.2) is 9.59 Å². The molecule has 7 heteroatoms. The molecular formula is C27H23ClN2O3S. The average molecular weight is 491 g/mol. The minimum atomic E-state index is -0.803. The minimum absolute atomic E-state index is 0.409. The number of halogens is 1. The van der Waals surface area contributed by atoms with Gasteiger partial charge in [-0.2, -0.15) is 0 Å². The van der Waals surface area contributed by atoms with Gasteiger partial charge >= 0.3 is 12.0 Å². The fourth-order valence-electron chi connectivity index (χ4n) is 4.46. The van der Waals surface area contributed by atoms with E-state index in [0.717, 1.165) is 42.3 Å². The van der Waals surface area contributed by atoms with Crippen molar-refractivity contribution in [3.63, 3.8) is 0 Å². The summed E-state index contributed by atoms with van der Waals surface area (Å²) >= 11 is 8.10. The van der Waals surface area contributed by atoms with Gasteiger partial charge < -0.3 is 10.6 Å². The molecule has 34 heavy (non-hydrogen) atoms. The smallest absolute Gasteiger partial charge is 0.348 e. The first-order chi connectivity index (χ1) is 16.4. The molecule has 1 aromatic heterocycles. The van der Waals surface area contributed by atoms with Crippen molar-refractivity contribution >= 4 is 45.0 Å². The monoisotopic (exact) mass is 490 g/mol. The Kier molecular flexibility index (Phi) is 6.02. The lowest BCUT2D eigenvalue weighted by Gasteiger charge is -2.26. The number of nitrogens with two attached hydrogens (primary N) is 1. The molecule has 1 aliphatic carbocycles. The quantitative estimate of drug-likeness (QED) is 0.330. The Hall–Kier alpha value is -3.35. The number of nitrogens with zero attached hydrogens (tertiary/aromatic N) is 1. The second kappa shape index (κ2) is 9.12. The summed E-state index contributed by atoms with van der Waals surface area (Å²) in [4.78, 5) is 31.7. The number of carbonyl (C=O) groups is 2. The van der Waals surface area contributed by atoms with Crippen LogP contribution in [-0.2, 0) is 22.5 Å². The fraction of sp³-hybridized carbons (Fsp3) is 0.185. The normalized spacial score (nSPS) is 15.6. The molecule has 4 aromatic rings. The molecule has 1 heterocycles. The van der Waals surface area contributed by atoms with Crippen LogP contribution in [0.4, 0.5) is 4.79 Å². The van der Waals surface area contributed by atoms with E-state index in [4.69, 9.17) is 22.2 Å². The van der Waals surface area contributed by atoms with Gasteiger partial charge in [0.1, 0.15) is 6.04 Å². The van der Waals surface area contributed by atoms with E-state index in [1.807, 2.05) is 72.8 Å². The van der Waals surface area contributed by atoms with Crippen LogP contribution in [0.1, 0.15) is 29.0 Å². The summed E-state index contributed by atoms with van der Waals surface area (Å²) < 4.78 is 1.09. The number of hydrogen-bond acceptors (Lipinski definition) is 4. The number of hydroxylamine groups is 2. The zero-order valence-corrected chi connectivity index (χ0v) is 20.1. The first-order valence-electron chi connectivity index (χ1n) is 11.1. The zero-order valence-electron chi connectivity index (χ0n) is 18.5. The molecule has 0 bridgehead atoms. The van der Waals surface area contributed by atoms with Crippen LogP contribution in [0.3, 0.4) is 0 Å². The predicted molar refractivity (Wildman–Crippen MR) is 136 cm³/mol. The number of primary amides is 1. The van der Waals surface area contributed by atoms with Crippen LogP contribution in [0.25, 0.3) is 21.2 Å². The van der Waals surface area contributed by atoms with Crippen LogP contribution in [0.15, 0.2) is 72.8 Å². The molecule has 0 radical (unpaired) electrons. The Morgan fingerprint density at radius 2 is 1.71 bits per heavy atom. The van der Waals surface area contributed by atoms with Crippen LogP contribution in [0.5, 0.6) is 0 Å². The summed E-state index contributed by atoms with van der Waals surface area (Å²) in [5, 5.41) is 2.71. The summed E-state index contributed by atoms with van der Waals surface area (Å²) in [6.07, 6.45) is 1.03. The zero-order chi connectivity index (χ0) is 23.8. The molecule has 1 aliphatic rings. The second-order valence-corrected chi connectivity index (χ2v) is 10.0. The van der Waals surface area contributed by atoms with E-state index in [2.05, 4.69) is 0 Å². The van der Waals surface area contributed by atoms with Gasteiger partial charge in [0.15, 0.2) is 0 Å². The van der Waals surface area contributed by atoms with Crippen LogP contribution in [-0.4, -0.2) is 17.1 Å². The van der Waals surface area contributed by atoms with Crippen LogP contribution in [0, 0.1) is 5.92 Å². The Labute approximate surface area is 206 Å². The molecule has 2 amide bonds. The number of rotatable bonds is 4. The Balaban J connectivity index is 1.33. The highest BCUT2D eigenvalue weighted by Crippen LogP contribution is 2.37. The average Bonchev–Trinajstić information content (AvgIpc) is 3.45. The molecule has 2 atom stereocenters. The second-order valence-electron chi connectivity index (χ2n) is 8.51. The minimum Gasteiger partial charge on any atom is -0.349 e. The molecule has 0 saturated carbocycles. The van der Waals surface area contributed by atoms with Crippen LogP contribution in [0.2, 0.25) is 5.02 Å². The standard InChI is InChI=1S/C27H23ClN2O3S/c1-16(25-15-18-9-5-6-10-24(18)34-25)30(27(29)32)33-26(31)21-11-19-13-22(17-7-3-2-4-8-17)23(28)14-20(19)12-21/h2-10,13-16,21H,11-12H2,1H3,(H2,29,32). The number of urea groups is 1. The van der Waals surface area contributed by atoms with Crippen molar-refractivity contribution in [3.8, 4) is 11.1 Å². The first-order valence-corrected chi connectivity index (χ1v) is 12.3.